The molecule has 2 aliphatic carbocycles. The maximum Gasteiger partial charge on any atom is 0.254 e. The minimum absolute atomic E-state index is 0.00572. The summed E-state index contributed by atoms with van der Waals surface area (Å²) in [4.78, 5) is 27.3. The van der Waals surface area contributed by atoms with E-state index in [1.165, 1.54) is 11.3 Å². The summed E-state index contributed by atoms with van der Waals surface area (Å²) >= 11 is 1.23. The fourth-order valence-corrected chi connectivity index (χ4v) is 5.56. The number of hydrogen-bond donors (Lipinski definition) is 2. The van der Waals surface area contributed by atoms with Crippen LogP contribution in [0.3, 0.4) is 0 Å². The first-order valence-electron chi connectivity index (χ1n) is 10.2. The van der Waals surface area contributed by atoms with Gasteiger partial charge in [0, 0.05) is 18.5 Å². The quantitative estimate of drug-likeness (QED) is 0.652. The van der Waals surface area contributed by atoms with Crippen LogP contribution in [-0.2, 0) is 18.3 Å². The van der Waals surface area contributed by atoms with Crippen molar-refractivity contribution in [1.29, 1.82) is 0 Å². The molecule has 7 heteroatoms. The Bertz CT molecular complexity index is 1130. The molecule has 1 unspecified atom stereocenters. The summed E-state index contributed by atoms with van der Waals surface area (Å²) in [6, 6.07) is 11.9. The van der Waals surface area contributed by atoms with E-state index in [0.717, 1.165) is 29.7 Å². The molecule has 2 aliphatic rings. The Kier molecular flexibility index (Phi) is 4.50. The van der Waals surface area contributed by atoms with E-state index in [4.69, 9.17) is 10.3 Å². The van der Waals surface area contributed by atoms with Crippen LogP contribution in [0, 0.1) is 6.92 Å². The molecule has 6 nitrogen and oxygen atoms in total. The Morgan fingerprint density at radius 3 is 2.77 bits per heavy atom. The van der Waals surface area contributed by atoms with Gasteiger partial charge in [0.2, 0.25) is 0 Å². The minimum Gasteiger partial charge on any atom is -0.390 e. The molecule has 0 bridgehead atoms. The van der Waals surface area contributed by atoms with E-state index in [1.54, 1.807) is 0 Å². The van der Waals surface area contributed by atoms with Gasteiger partial charge in [-0.05, 0) is 43.7 Å². The van der Waals surface area contributed by atoms with E-state index in [9.17, 15) is 9.59 Å². The normalized spacial score (nSPS) is 20.8. The van der Waals surface area contributed by atoms with Crippen LogP contribution in [0.5, 0.6) is 0 Å². The van der Waals surface area contributed by atoms with Crippen molar-refractivity contribution in [2.24, 2.45) is 0 Å². The zero-order valence-electron chi connectivity index (χ0n) is 16.7. The topological polar surface area (TPSA) is 98.2 Å². The Balaban J connectivity index is 1.58. The van der Waals surface area contributed by atoms with Gasteiger partial charge in [-0.2, -0.15) is 0 Å². The van der Waals surface area contributed by atoms with E-state index >= 15 is 0 Å². The number of nitrogen functional groups attached to an aromatic ring is 1. The summed E-state index contributed by atoms with van der Waals surface area (Å²) in [7, 11) is 0. The molecule has 0 radical (unpaired) electrons. The number of carbonyl (C=O) groups excluding carboxylic acids is 2. The summed E-state index contributed by atoms with van der Waals surface area (Å²) in [6.45, 7) is 1.87. The van der Waals surface area contributed by atoms with Crippen LogP contribution in [0.25, 0.3) is 0 Å². The van der Waals surface area contributed by atoms with Gasteiger partial charge in [-0.15, -0.1) is 11.3 Å². The zero-order chi connectivity index (χ0) is 20.9. The number of carbonyl (C=O) groups is 2. The van der Waals surface area contributed by atoms with Gasteiger partial charge in [0.05, 0.1) is 26.6 Å². The number of aromatic nitrogens is 1. The first kappa shape index (κ1) is 19.1. The van der Waals surface area contributed by atoms with Crippen molar-refractivity contribution in [3.8, 4) is 0 Å². The van der Waals surface area contributed by atoms with Crippen LogP contribution in [0.4, 0.5) is 5.00 Å². The maximum atomic E-state index is 13.9. The summed E-state index contributed by atoms with van der Waals surface area (Å²) in [5.74, 6) is 0.536. The largest absolute Gasteiger partial charge is 0.390 e. The minimum atomic E-state index is -0.762. The van der Waals surface area contributed by atoms with Gasteiger partial charge < -0.3 is 15.6 Å². The van der Waals surface area contributed by atoms with Crippen LogP contribution >= 0.6 is 11.3 Å². The number of nitrogens with two attached hydrogens (primary N) is 1. The highest BCUT2D eigenvalue weighted by atomic mass is 32.1. The van der Waals surface area contributed by atoms with Crippen LogP contribution in [-0.4, -0.2) is 22.9 Å². The van der Waals surface area contributed by atoms with Crippen molar-refractivity contribution in [2.45, 2.75) is 50.5 Å². The average Bonchev–Trinajstić information content (AvgIpc) is 3.35. The number of hydrogen-bond acceptors (Lipinski definition) is 6. The molecule has 1 atom stereocenters. The standard InChI is InChI=1S/C23H23N3O3S/c1-13-11-16(29-26-13)12-23(14-5-3-2-4-6-14)10-9-17-18(22(28)25-15-7-8-15)21(24)30-19(17)20(23)27/h2-6,11,15H,7-10,12,24H2,1H3,(H,25,28). The molecule has 1 aromatic carbocycles. The predicted octanol–water partition coefficient (Wildman–Crippen LogP) is 3.83. The smallest absolute Gasteiger partial charge is 0.254 e. The molecular weight excluding hydrogens is 398 g/mol. The third-order valence-corrected chi connectivity index (χ3v) is 7.16. The van der Waals surface area contributed by atoms with Crippen molar-refractivity contribution in [3.63, 3.8) is 0 Å². The molecule has 2 heterocycles. The number of benzene rings is 1. The molecule has 1 amide bonds. The van der Waals surface area contributed by atoms with Gasteiger partial charge in [-0.3, -0.25) is 9.59 Å². The van der Waals surface area contributed by atoms with Crippen molar-refractivity contribution >= 4 is 28.0 Å². The number of thiophene rings is 1. The van der Waals surface area contributed by atoms with Crippen LogP contribution in [0.15, 0.2) is 40.9 Å². The van der Waals surface area contributed by atoms with Crippen molar-refractivity contribution in [2.75, 3.05) is 5.73 Å². The number of rotatable bonds is 5. The fourth-order valence-electron chi connectivity index (χ4n) is 4.41. The van der Waals surface area contributed by atoms with E-state index < -0.39 is 5.41 Å². The molecule has 0 spiro atoms. The Morgan fingerprint density at radius 1 is 1.33 bits per heavy atom. The summed E-state index contributed by atoms with van der Waals surface area (Å²) < 4.78 is 5.48. The van der Waals surface area contributed by atoms with Gasteiger partial charge in [-0.1, -0.05) is 35.5 Å². The second-order valence-corrected chi connectivity index (χ2v) is 9.34. The van der Waals surface area contributed by atoms with Crippen LogP contribution in [0.1, 0.15) is 61.9 Å². The molecule has 154 valence electrons. The molecule has 3 N–H and O–H groups in total. The number of Topliss-reactive ketones (excluding diaryl/α,β-unsaturated/α-hetero) is 1. The van der Waals surface area contributed by atoms with Gasteiger partial charge >= 0.3 is 0 Å². The van der Waals surface area contributed by atoms with Crippen LogP contribution < -0.4 is 11.1 Å². The lowest BCUT2D eigenvalue weighted by molar-refractivity contribution is 0.0855. The lowest BCUT2D eigenvalue weighted by Gasteiger charge is -2.35. The number of nitrogens with one attached hydrogen (secondary N) is 1. The number of nitrogens with zero attached hydrogens (tertiary/aromatic N) is 1. The molecule has 5 rings (SSSR count). The molecule has 1 fully saturated rings. The number of anilines is 1. The highest BCUT2D eigenvalue weighted by Gasteiger charge is 2.47. The third-order valence-electron chi connectivity index (χ3n) is 6.10. The van der Waals surface area contributed by atoms with E-state index in [2.05, 4.69) is 10.5 Å². The first-order valence-corrected chi connectivity index (χ1v) is 11.0. The molecule has 1 saturated carbocycles. The molecule has 0 aliphatic heterocycles. The van der Waals surface area contributed by atoms with Gasteiger partial charge in [-0.25, -0.2) is 0 Å². The SMILES string of the molecule is Cc1cc(CC2(c3ccccc3)CCc3c(sc(N)c3C(=O)NC3CC3)C2=O)on1. The molecule has 30 heavy (non-hydrogen) atoms. The Morgan fingerprint density at radius 2 is 2.10 bits per heavy atom. The van der Waals surface area contributed by atoms with Gasteiger partial charge in [0.15, 0.2) is 5.78 Å². The van der Waals surface area contributed by atoms with Crippen molar-refractivity contribution < 1.29 is 14.1 Å². The first-order chi connectivity index (χ1) is 14.5. The number of amides is 1. The predicted molar refractivity (Wildman–Crippen MR) is 115 cm³/mol. The van der Waals surface area contributed by atoms with E-state index in [0.29, 0.717) is 40.5 Å². The van der Waals surface area contributed by atoms with Gasteiger partial charge in [0.25, 0.3) is 5.91 Å². The van der Waals surface area contributed by atoms with Crippen molar-refractivity contribution in [3.05, 3.63) is 69.4 Å². The molecule has 0 saturated heterocycles. The second kappa shape index (κ2) is 7.09. The maximum absolute atomic E-state index is 13.9. The highest BCUT2D eigenvalue weighted by molar-refractivity contribution is 7.18. The fraction of sp³-hybridized carbons (Fsp3) is 0.348. The lowest BCUT2D eigenvalue weighted by atomic mass is 9.66. The monoisotopic (exact) mass is 421 g/mol. The van der Waals surface area contributed by atoms with Gasteiger partial charge in [0.1, 0.15) is 5.76 Å². The number of aryl methyl sites for hydroxylation is 1. The van der Waals surface area contributed by atoms with Crippen molar-refractivity contribution in [1.82, 2.24) is 10.5 Å². The number of ketones is 1. The van der Waals surface area contributed by atoms with E-state index in [-0.39, 0.29) is 17.7 Å². The Hall–Kier alpha value is -2.93. The van der Waals surface area contributed by atoms with Crippen LogP contribution in [0.2, 0.25) is 0 Å². The number of fused-ring (bicyclic) bond motifs is 1. The molecule has 3 aromatic rings. The molecule has 2 aromatic heterocycles. The highest BCUT2D eigenvalue weighted by Crippen LogP contribution is 2.46. The van der Waals surface area contributed by atoms with E-state index in [1.807, 2.05) is 43.3 Å². The summed E-state index contributed by atoms with van der Waals surface area (Å²) in [5.41, 5.74) is 8.50. The second-order valence-electron chi connectivity index (χ2n) is 8.29. The average molecular weight is 422 g/mol. The molecular formula is C23H23N3O3S. The summed E-state index contributed by atoms with van der Waals surface area (Å²) in [5, 5.41) is 7.43. The third kappa shape index (κ3) is 3.13. The zero-order valence-corrected chi connectivity index (χ0v) is 17.6. The lowest BCUT2D eigenvalue weighted by Crippen LogP contribution is -2.42. The Labute approximate surface area is 178 Å². The summed E-state index contributed by atoms with van der Waals surface area (Å²) in [6.07, 6.45) is 3.64.